The van der Waals surface area contributed by atoms with Crippen LogP contribution >= 0.6 is 0 Å². The molecule has 0 spiro atoms. The molecule has 1 aromatic rings. The molecule has 6 heteroatoms. The maximum absolute atomic E-state index is 10.2. The largest absolute Gasteiger partial charge is 0.388 e. The fourth-order valence-corrected chi connectivity index (χ4v) is 2.27. The minimum absolute atomic E-state index is 0.458. The number of hydrazine groups is 1. The number of nitrogens with two attached hydrogens (primary N) is 1. The average molecular weight is 279 g/mol. The monoisotopic (exact) mass is 279 g/mol. The number of hydrogen-bond acceptors (Lipinski definition) is 6. The predicted octanol–water partition coefficient (Wildman–Crippen LogP) is 1.91. The standard InChI is InChI=1S/C14H25N5O/c1-4-7-14(3,20)8-16-11-9(2)12(19-15)18-13(17-11)10-5-6-10/h10,20H,4-8,15H2,1-3H3,(H2,16,17,18,19). The van der Waals surface area contributed by atoms with E-state index in [0.717, 1.165) is 42.9 Å². The van der Waals surface area contributed by atoms with Gasteiger partial charge in [0.25, 0.3) is 0 Å². The molecule has 112 valence electrons. The van der Waals surface area contributed by atoms with E-state index in [1.54, 1.807) is 0 Å². The third kappa shape index (κ3) is 3.58. The van der Waals surface area contributed by atoms with Gasteiger partial charge in [-0.15, -0.1) is 0 Å². The normalized spacial score (nSPS) is 17.6. The molecule has 20 heavy (non-hydrogen) atoms. The van der Waals surface area contributed by atoms with Crippen molar-refractivity contribution >= 4 is 11.6 Å². The van der Waals surface area contributed by atoms with Gasteiger partial charge in [0.05, 0.1) is 5.60 Å². The first-order valence-corrected chi connectivity index (χ1v) is 7.28. The van der Waals surface area contributed by atoms with Crippen molar-refractivity contribution in [1.82, 2.24) is 9.97 Å². The lowest BCUT2D eigenvalue weighted by molar-refractivity contribution is 0.0636. The Balaban J connectivity index is 2.15. The van der Waals surface area contributed by atoms with Crippen LogP contribution in [0.1, 0.15) is 56.8 Å². The Morgan fingerprint density at radius 2 is 2.00 bits per heavy atom. The number of aliphatic hydroxyl groups is 1. The smallest absolute Gasteiger partial charge is 0.148 e. The summed E-state index contributed by atoms with van der Waals surface area (Å²) in [5.74, 6) is 8.22. The first kappa shape index (κ1) is 15.0. The van der Waals surface area contributed by atoms with Gasteiger partial charge in [-0.05, 0) is 33.1 Å². The maximum Gasteiger partial charge on any atom is 0.148 e. The predicted molar refractivity (Wildman–Crippen MR) is 80.6 cm³/mol. The van der Waals surface area contributed by atoms with Crippen LogP contribution < -0.4 is 16.6 Å². The van der Waals surface area contributed by atoms with Crippen LogP contribution in [0.2, 0.25) is 0 Å². The minimum atomic E-state index is -0.734. The molecule has 0 aliphatic heterocycles. The van der Waals surface area contributed by atoms with Crippen molar-refractivity contribution in [2.24, 2.45) is 5.84 Å². The number of nitrogens with one attached hydrogen (secondary N) is 2. The summed E-state index contributed by atoms with van der Waals surface area (Å²) in [6.07, 6.45) is 3.97. The molecular formula is C14H25N5O. The Labute approximate surface area is 120 Å². The SMILES string of the molecule is CCCC(C)(O)CNc1nc(C2CC2)nc(NN)c1C. The van der Waals surface area contributed by atoms with Gasteiger partial charge in [-0.3, -0.25) is 0 Å². The molecular weight excluding hydrogens is 254 g/mol. The molecule has 1 atom stereocenters. The van der Waals surface area contributed by atoms with Gasteiger partial charge in [0.2, 0.25) is 0 Å². The van der Waals surface area contributed by atoms with Gasteiger partial charge >= 0.3 is 0 Å². The van der Waals surface area contributed by atoms with Crippen LogP contribution in [-0.4, -0.2) is 27.2 Å². The fraction of sp³-hybridized carbons (Fsp3) is 0.714. The molecule has 1 heterocycles. The van der Waals surface area contributed by atoms with E-state index in [0.29, 0.717) is 18.3 Å². The second-order valence-corrected chi connectivity index (χ2v) is 5.92. The molecule has 6 nitrogen and oxygen atoms in total. The molecule has 2 rings (SSSR count). The van der Waals surface area contributed by atoms with Gasteiger partial charge in [-0.25, -0.2) is 15.8 Å². The molecule has 1 aliphatic rings. The van der Waals surface area contributed by atoms with Gasteiger partial charge in [-0.1, -0.05) is 13.3 Å². The Kier molecular flexibility index (Phi) is 4.45. The highest BCUT2D eigenvalue weighted by Crippen LogP contribution is 2.39. The molecule has 1 unspecified atom stereocenters. The highest BCUT2D eigenvalue weighted by molar-refractivity contribution is 5.57. The highest BCUT2D eigenvalue weighted by Gasteiger charge is 2.28. The maximum atomic E-state index is 10.2. The van der Waals surface area contributed by atoms with Crippen LogP contribution in [0.25, 0.3) is 0 Å². The Bertz CT molecular complexity index is 471. The van der Waals surface area contributed by atoms with Crippen molar-refractivity contribution in [1.29, 1.82) is 0 Å². The molecule has 1 aromatic heterocycles. The van der Waals surface area contributed by atoms with Crippen LogP contribution in [0, 0.1) is 6.92 Å². The third-order valence-corrected chi connectivity index (χ3v) is 3.67. The van der Waals surface area contributed by atoms with E-state index >= 15 is 0 Å². The van der Waals surface area contributed by atoms with Crippen LogP contribution in [-0.2, 0) is 0 Å². The van der Waals surface area contributed by atoms with Crippen molar-refractivity contribution < 1.29 is 5.11 Å². The zero-order chi connectivity index (χ0) is 14.8. The van der Waals surface area contributed by atoms with E-state index in [2.05, 4.69) is 27.6 Å². The van der Waals surface area contributed by atoms with E-state index in [1.165, 1.54) is 0 Å². The lowest BCUT2D eigenvalue weighted by atomic mass is 10.0. The first-order chi connectivity index (χ1) is 9.46. The lowest BCUT2D eigenvalue weighted by Gasteiger charge is -2.24. The van der Waals surface area contributed by atoms with Crippen molar-refractivity contribution in [3.05, 3.63) is 11.4 Å². The summed E-state index contributed by atoms with van der Waals surface area (Å²) in [5.41, 5.74) is 2.77. The highest BCUT2D eigenvalue weighted by atomic mass is 16.3. The number of hydrogen-bond donors (Lipinski definition) is 4. The molecule has 5 N–H and O–H groups in total. The van der Waals surface area contributed by atoms with Crippen LogP contribution in [0.5, 0.6) is 0 Å². The quantitative estimate of drug-likeness (QED) is 0.450. The van der Waals surface area contributed by atoms with E-state index in [9.17, 15) is 5.11 Å². The molecule has 0 bridgehead atoms. The van der Waals surface area contributed by atoms with Gasteiger partial charge in [-0.2, -0.15) is 0 Å². The second kappa shape index (κ2) is 5.93. The summed E-state index contributed by atoms with van der Waals surface area (Å²) >= 11 is 0. The molecule has 0 radical (unpaired) electrons. The summed E-state index contributed by atoms with van der Waals surface area (Å²) in [5, 5.41) is 13.5. The summed E-state index contributed by atoms with van der Waals surface area (Å²) in [6.45, 7) is 6.28. The summed E-state index contributed by atoms with van der Waals surface area (Å²) < 4.78 is 0. The van der Waals surface area contributed by atoms with E-state index in [1.807, 2.05) is 13.8 Å². The van der Waals surface area contributed by atoms with E-state index in [4.69, 9.17) is 5.84 Å². The van der Waals surface area contributed by atoms with E-state index < -0.39 is 5.60 Å². The molecule has 0 aromatic carbocycles. The van der Waals surface area contributed by atoms with Crippen LogP contribution in [0.15, 0.2) is 0 Å². The Morgan fingerprint density at radius 3 is 2.55 bits per heavy atom. The fourth-order valence-electron chi connectivity index (χ4n) is 2.27. The second-order valence-electron chi connectivity index (χ2n) is 5.92. The van der Waals surface area contributed by atoms with E-state index in [-0.39, 0.29) is 0 Å². The average Bonchev–Trinajstić information content (AvgIpc) is 3.22. The lowest BCUT2D eigenvalue weighted by Crippen LogP contribution is -2.33. The number of nitrogens with zero attached hydrogens (tertiary/aromatic N) is 2. The topological polar surface area (TPSA) is 96.1 Å². The van der Waals surface area contributed by atoms with Crippen molar-refractivity contribution in [2.45, 2.75) is 58.0 Å². The number of aromatic nitrogens is 2. The number of nitrogen functional groups attached to an aromatic ring is 1. The zero-order valence-electron chi connectivity index (χ0n) is 12.5. The van der Waals surface area contributed by atoms with Crippen LogP contribution in [0.4, 0.5) is 11.6 Å². The molecule has 0 amide bonds. The summed E-state index contributed by atoms with van der Waals surface area (Å²) in [6, 6.07) is 0. The van der Waals surface area contributed by atoms with Crippen molar-refractivity contribution in [3.8, 4) is 0 Å². The summed E-state index contributed by atoms with van der Waals surface area (Å²) in [7, 11) is 0. The van der Waals surface area contributed by atoms with Crippen molar-refractivity contribution in [2.75, 3.05) is 17.3 Å². The Hall–Kier alpha value is -1.40. The molecule has 1 saturated carbocycles. The Morgan fingerprint density at radius 1 is 1.35 bits per heavy atom. The van der Waals surface area contributed by atoms with Gasteiger partial charge in [0.15, 0.2) is 0 Å². The van der Waals surface area contributed by atoms with Crippen LogP contribution in [0.3, 0.4) is 0 Å². The third-order valence-electron chi connectivity index (χ3n) is 3.67. The van der Waals surface area contributed by atoms with Crippen molar-refractivity contribution in [3.63, 3.8) is 0 Å². The number of anilines is 2. The molecule has 1 fully saturated rings. The van der Waals surface area contributed by atoms with Gasteiger partial charge in [0, 0.05) is 18.0 Å². The zero-order valence-corrected chi connectivity index (χ0v) is 12.5. The molecule has 1 aliphatic carbocycles. The van der Waals surface area contributed by atoms with Gasteiger partial charge < -0.3 is 15.8 Å². The number of rotatable bonds is 7. The molecule has 0 saturated heterocycles. The minimum Gasteiger partial charge on any atom is -0.388 e. The van der Waals surface area contributed by atoms with Gasteiger partial charge in [0.1, 0.15) is 17.5 Å². The summed E-state index contributed by atoms with van der Waals surface area (Å²) in [4.78, 5) is 9.02. The first-order valence-electron chi connectivity index (χ1n) is 7.28.